The Morgan fingerprint density at radius 2 is 1.45 bits per heavy atom. The highest BCUT2D eigenvalue weighted by atomic mass is 15.0. The van der Waals surface area contributed by atoms with Crippen molar-refractivity contribution >= 4 is 5.69 Å². The van der Waals surface area contributed by atoms with Crippen molar-refractivity contribution in [3.05, 3.63) is 29.8 Å². The molecule has 1 fully saturated rings. The Kier molecular flexibility index (Phi) is 4.64. The van der Waals surface area contributed by atoms with Gasteiger partial charge in [0.25, 0.3) is 0 Å². The molecule has 0 aliphatic heterocycles. The van der Waals surface area contributed by atoms with Crippen LogP contribution in [-0.2, 0) is 5.41 Å². The molecule has 2 rings (SSSR count). The maximum absolute atomic E-state index is 6.13. The van der Waals surface area contributed by atoms with E-state index in [-0.39, 0.29) is 16.4 Å². The summed E-state index contributed by atoms with van der Waals surface area (Å²) in [5.41, 5.74) is 9.32. The van der Waals surface area contributed by atoms with Gasteiger partial charge in [0, 0.05) is 17.3 Å². The fourth-order valence-electron chi connectivity index (χ4n) is 3.53. The van der Waals surface area contributed by atoms with E-state index in [1.807, 2.05) is 0 Å². The molecule has 124 valence electrons. The van der Waals surface area contributed by atoms with Gasteiger partial charge in [0.2, 0.25) is 0 Å². The Bertz CT molecular complexity index is 480. The van der Waals surface area contributed by atoms with E-state index in [4.69, 9.17) is 5.73 Å². The molecule has 0 atom stereocenters. The van der Waals surface area contributed by atoms with E-state index in [1.165, 1.54) is 11.3 Å². The summed E-state index contributed by atoms with van der Waals surface area (Å²) in [4.78, 5) is 0. The van der Waals surface area contributed by atoms with Crippen LogP contribution < -0.4 is 11.1 Å². The zero-order valence-corrected chi connectivity index (χ0v) is 15.3. The summed E-state index contributed by atoms with van der Waals surface area (Å²) in [6.07, 6.45) is 4.53. The van der Waals surface area contributed by atoms with Crippen molar-refractivity contribution in [3.63, 3.8) is 0 Å². The minimum atomic E-state index is 0.145. The second-order valence-electron chi connectivity index (χ2n) is 9.12. The fourth-order valence-corrected chi connectivity index (χ4v) is 3.53. The standard InChI is InChI=1S/C20H34N2/c1-18(2,3)15-7-9-17(10-8-15)22-20(19(4,5)6)13-11-16(21)12-14-20/h7-10,16,22H,11-14,21H2,1-6H3. The number of anilines is 1. The predicted octanol–water partition coefficient (Wildman–Crippen LogP) is 5.08. The summed E-state index contributed by atoms with van der Waals surface area (Å²) in [7, 11) is 0. The van der Waals surface area contributed by atoms with Crippen LogP contribution in [0, 0.1) is 5.41 Å². The van der Waals surface area contributed by atoms with E-state index in [2.05, 4.69) is 71.1 Å². The van der Waals surface area contributed by atoms with Crippen LogP contribution in [0.4, 0.5) is 5.69 Å². The maximum atomic E-state index is 6.13. The van der Waals surface area contributed by atoms with E-state index in [0.717, 1.165) is 25.7 Å². The lowest BCUT2D eigenvalue weighted by molar-refractivity contribution is 0.146. The van der Waals surface area contributed by atoms with Crippen LogP contribution in [0.3, 0.4) is 0 Å². The lowest BCUT2D eigenvalue weighted by atomic mass is 9.64. The van der Waals surface area contributed by atoms with Crippen molar-refractivity contribution in [2.45, 2.75) is 84.2 Å². The summed E-state index contributed by atoms with van der Waals surface area (Å²) in [5.74, 6) is 0. The Balaban J connectivity index is 2.21. The summed E-state index contributed by atoms with van der Waals surface area (Å²) in [5, 5.41) is 3.88. The van der Waals surface area contributed by atoms with Crippen LogP contribution in [0.25, 0.3) is 0 Å². The van der Waals surface area contributed by atoms with Crippen LogP contribution in [0.1, 0.15) is 72.8 Å². The van der Waals surface area contributed by atoms with Gasteiger partial charge >= 0.3 is 0 Å². The Hall–Kier alpha value is -1.02. The molecule has 0 aromatic heterocycles. The van der Waals surface area contributed by atoms with Crippen molar-refractivity contribution in [2.24, 2.45) is 11.1 Å². The van der Waals surface area contributed by atoms with Gasteiger partial charge in [-0.2, -0.15) is 0 Å². The molecular weight excluding hydrogens is 268 g/mol. The quantitative estimate of drug-likeness (QED) is 0.799. The van der Waals surface area contributed by atoms with E-state index in [0.29, 0.717) is 6.04 Å². The lowest BCUT2D eigenvalue weighted by Crippen LogP contribution is -2.53. The van der Waals surface area contributed by atoms with Gasteiger partial charge < -0.3 is 11.1 Å². The monoisotopic (exact) mass is 302 g/mol. The summed E-state index contributed by atoms with van der Waals surface area (Å²) < 4.78 is 0. The molecule has 1 aromatic rings. The molecule has 1 aliphatic rings. The molecule has 1 aliphatic carbocycles. The summed E-state index contributed by atoms with van der Waals surface area (Å²) in [6.45, 7) is 13.8. The van der Waals surface area contributed by atoms with Crippen LogP contribution in [-0.4, -0.2) is 11.6 Å². The second-order valence-corrected chi connectivity index (χ2v) is 9.12. The van der Waals surface area contributed by atoms with Gasteiger partial charge in [-0.15, -0.1) is 0 Å². The number of rotatable bonds is 2. The van der Waals surface area contributed by atoms with Crippen molar-refractivity contribution in [3.8, 4) is 0 Å². The van der Waals surface area contributed by atoms with Crippen molar-refractivity contribution in [2.75, 3.05) is 5.32 Å². The summed E-state index contributed by atoms with van der Waals surface area (Å²) >= 11 is 0. The van der Waals surface area contributed by atoms with Crippen molar-refractivity contribution in [1.29, 1.82) is 0 Å². The number of benzene rings is 1. The van der Waals surface area contributed by atoms with Gasteiger partial charge in [-0.3, -0.25) is 0 Å². The van der Waals surface area contributed by atoms with Gasteiger partial charge in [0.1, 0.15) is 0 Å². The molecule has 1 aromatic carbocycles. The molecule has 0 amide bonds. The first-order valence-electron chi connectivity index (χ1n) is 8.68. The smallest absolute Gasteiger partial charge is 0.0423 e. The number of hydrogen-bond acceptors (Lipinski definition) is 2. The average molecular weight is 303 g/mol. The molecular formula is C20H34N2. The third-order valence-electron chi connectivity index (χ3n) is 5.45. The summed E-state index contributed by atoms with van der Waals surface area (Å²) in [6, 6.07) is 9.37. The van der Waals surface area contributed by atoms with Crippen molar-refractivity contribution in [1.82, 2.24) is 0 Å². The molecule has 3 N–H and O–H groups in total. The van der Waals surface area contributed by atoms with E-state index < -0.39 is 0 Å². The zero-order chi connectivity index (χ0) is 16.6. The van der Waals surface area contributed by atoms with Gasteiger partial charge in [-0.1, -0.05) is 53.7 Å². The Labute approximate surface area is 136 Å². The third kappa shape index (κ3) is 3.65. The highest BCUT2D eigenvalue weighted by Gasteiger charge is 2.43. The molecule has 2 heteroatoms. The van der Waals surface area contributed by atoms with E-state index in [1.54, 1.807) is 0 Å². The third-order valence-corrected chi connectivity index (χ3v) is 5.45. The first kappa shape index (κ1) is 17.3. The van der Waals surface area contributed by atoms with Gasteiger partial charge in [0.15, 0.2) is 0 Å². The SMILES string of the molecule is CC(C)(C)c1ccc(NC2(C(C)(C)C)CCC(N)CC2)cc1. The van der Waals surface area contributed by atoms with E-state index in [9.17, 15) is 0 Å². The molecule has 1 saturated carbocycles. The largest absolute Gasteiger partial charge is 0.379 e. The highest BCUT2D eigenvalue weighted by molar-refractivity contribution is 5.48. The number of nitrogens with two attached hydrogens (primary N) is 1. The van der Waals surface area contributed by atoms with Crippen LogP contribution in [0.5, 0.6) is 0 Å². The predicted molar refractivity (Wildman–Crippen MR) is 97.4 cm³/mol. The lowest BCUT2D eigenvalue weighted by Gasteiger charge is -2.50. The number of nitrogens with one attached hydrogen (secondary N) is 1. The zero-order valence-electron chi connectivity index (χ0n) is 15.3. The first-order chi connectivity index (χ1) is 10.0. The molecule has 22 heavy (non-hydrogen) atoms. The topological polar surface area (TPSA) is 38.0 Å². The van der Waals surface area contributed by atoms with Crippen LogP contribution in [0.15, 0.2) is 24.3 Å². The molecule has 0 heterocycles. The molecule has 0 bridgehead atoms. The Morgan fingerprint density at radius 1 is 0.955 bits per heavy atom. The van der Waals surface area contributed by atoms with Gasteiger partial charge in [-0.25, -0.2) is 0 Å². The van der Waals surface area contributed by atoms with Crippen LogP contribution >= 0.6 is 0 Å². The Morgan fingerprint density at radius 3 is 1.86 bits per heavy atom. The van der Waals surface area contributed by atoms with Gasteiger partial charge in [-0.05, 0) is 54.2 Å². The number of hydrogen-bond donors (Lipinski definition) is 2. The van der Waals surface area contributed by atoms with Crippen LogP contribution in [0.2, 0.25) is 0 Å². The first-order valence-corrected chi connectivity index (χ1v) is 8.68. The molecule has 0 spiro atoms. The molecule has 0 saturated heterocycles. The fraction of sp³-hybridized carbons (Fsp3) is 0.700. The molecule has 2 nitrogen and oxygen atoms in total. The maximum Gasteiger partial charge on any atom is 0.0423 e. The highest BCUT2D eigenvalue weighted by Crippen LogP contribution is 2.44. The van der Waals surface area contributed by atoms with E-state index >= 15 is 0 Å². The molecule has 0 unspecified atom stereocenters. The minimum Gasteiger partial charge on any atom is -0.379 e. The van der Waals surface area contributed by atoms with Gasteiger partial charge in [0.05, 0.1) is 0 Å². The second kappa shape index (κ2) is 5.88. The molecule has 0 radical (unpaired) electrons. The average Bonchev–Trinajstić information content (AvgIpc) is 2.40. The van der Waals surface area contributed by atoms with Crippen molar-refractivity contribution < 1.29 is 0 Å². The minimum absolute atomic E-state index is 0.145. The normalized spacial score (nSPS) is 26.8.